The largest absolute Gasteiger partial charge is 0.473 e. The third-order valence-corrected chi connectivity index (χ3v) is 1.46. The molecule has 0 aliphatic heterocycles. The Morgan fingerprint density at radius 2 is 2.55 bits per heavy atom. The van der Waals surface area contributed by atoms with Crippen LogP contribution in [0.2, 0.25) is 0 Å². The van der Waals surface area contributed by atoms with Crippen molar-refractivity contribution >= 4 is 11.5 Å². The summed E-state index contributed by atoms with van der Waals surface area (Å²) >= 11 is 1.17. The van der Waals surface area contributed by atoms with Gasteiger partial charge in [0, 0.05) is 0 Å². The van der Waals surface area contributed by atoms with E-state index >= 15 is 0 Å². The Labute approximate surface area is 67.4 Å². The monoisotopic (exact) mass is 176 g/mol. The van der Waals surface area contributed by atoms with Crippen molar-refractivity contribution in [3.63, 3.8) is 0 Å². The van der Waals surface area contributed by atoms with Crippen molar-refractivity contribution in [1.82, 2.24) is 9.59 Å². The summed E-state index contributed by atoms with van der Waals surface area (Å²) in [6.45, 7) is -0.264. The highest BCUT2D eigenvalue weighted by atomic mass is 32.1. The first-order valence-corrected chi connectivity index (χ1v) is 3.85. The second-order valence-corrected chi connectivity index (χ2v) is 2.50. The number of aromatic nitrogens is 2. The molecule has 2 N–H and O–H groups in total. The van der Waals surface area contributed by atoms with Gasteiger partial charge in [-0.15, -0.1) is 0 Å². The second kappa shape index (κ2) is 4.22. The van der Waals surface area contributed by atoms with Crippen LogP contribution in [0.3, 0.4) is 0 Å². The van der Waals surface area contributed by atoms with E-state index in [9.17, 15) is 0 Å². The minimum Gasteiger partial charge on any atom is -0.473 e. The van der Waals surface area contributed by atoms with E-state index in [1.807, 2.05) is 0 Å². The lowest BCUT2D eigenvalue weighted by Gasteiger charge is -2.05. The van der Waals surface area contributed by atoms with Crippen molar-refractivity contribution in [2.24, 2.45) is 0 Å². The summed E-state index contributed by atoms with van der Waals surface area (Å²) in [7, 11) is 0. The average molecular weight is 176 g/mol. The zero-order valence-electron chi connectivity index (χ0n) is 5.67. The van der Waals surface area contributed by atoms with Crippen molar-refractivity contribution in [1.29, 1.82) is 0 Å². The summed E-state index contributed by atoms with van der Waals surface area (Å²) in [6, 6.07) is 0. The zero-order chi connectivity index (χ0) is 8.10. The fraction of sp³-hybridized carbons (Fsp3) is 0.600. The van der Waals surface area contributed by atoms with Crippen molar-refractivity contribution in [3.05, 3.63) is 5.38 Å². The lowest BCUT2D eigenvalue weighted by molar-refractivity contribution is 0.0521. The number of rotatable bonds is 4. The molecule has 62 valence electrons. The molecule has 1 aromatic heterocycles. The molecule has 5 nitrogen and oxygen atoms in total. The molecule has 0 aliphatic rings. The Morgan fingerprint density at radius 3 is 3.09 bits per heavy atom. The van der Waals surface area contributed by atoms with Gasteiger partial charge in [0.1, 0.15) is 12.7 Å². The van der Waals surface area contributed by atoms with Crippen LogP contribution in [0.15, 0.2) is 5.38 Å². The van der Waals surface area contributed by atoms with Crippen molar-refractivity contribution in [2.75, 3.05) is 13.2 Å². The number of hydrogen-bond acceptors (Lipinski definition) is 6. The maximum absolute atomic E-state index is 8.84. The Morgan fingerprint density at radius 1 is 1.73 bits per heavy atom. The van der Waals surface area contributed by atoms with Crippen LogP contribution in [0.25, 0.3) is 0 Å². The number of ether oxygens (including phenoxy) is 1. The van der Waals surface area contributed by atoms with E-state index in [0.717, 1.165) is 0 Å². The molecule has 1 rings (SSSR count). The highest BCUT2D eigenvalue weighted by Gasteiger charge is 2.03. The summed E-state index contributed by atoms with van der Waals surface area (Å²) in [4.78, 5) is 0. The summed E-state index contributed by atoms with van der Waals surface area (Å²) in [5.41, 5.74) is 0. The third kappa shape index (κ3) is 2.79. The first kappa shape index (κ1) is 8.38. The van der Waals surface area contributed by atoms with Crippen molar-refractivity contribution in [3.8, 4) is 5.88 Å². The molecule has 0 aromatic carbocycles. The molecule has 6 heteroatoms. The molecule has 0 fully saturated rings. The van der Waals surface area contributed by atoms with Crippen molar-refractivity contribution < 1.29 is 14.9 Å². The Hall–Kier alpha value is -0.720. The molecule has 1 atom stereocenters. The molecule has 0 aliphatic carbocycles. The Bertz CT molecular complexity index is 192. The molecule has 1 unspecified atom stereocenters. The SMILES string of the molecule is OCC(O)COc1csnn1. The van der Waals surface area contributed by atoms with Gasteiger partial charge in [0.15, 0.2) is 0 Å². The van der Waals surface area contributed by atoms with Crippen LogP contribution in [-0.4, -0.2) is 39.1 Å². The molecule has 0 amide bonds. The average Bonchev–Trinajstić information content (AvgIpc) is 2.52. The second-order valence-electron chi connectivity index (χ2n) is 1.89. The first-order valence-electron chi connectivity index (χ1n) is 3.01. The molecule has 0 spiro atoms. The summed E-state index contributed by atoms with van der Waals surface area (Å²) in [6.07, 6.45) is -0.850. The lowest BCUT2D eigenvalue weighted by atomic mass is 10.4. The van der Waals surface area contributed by atoms with Gasteiger partial charge in [0.05, 0.1) is 12.0 Å². The Balaban J connectivity index is 2.23. The van der Waals surface area contributed by atoms with E-state index in [0.29, 0.717) is 5.88 Å². The van der Waals surface area contributed by atoms with Crippen LogP contribution in [0.4, 0.5) is 0 Å². The van der Waals surface area contributed by atoms with E-state index in [4.69, 9.17) is 14.9 Å². The van der Waals surface area contributed by atoms with Crippen LogP contribution in [0.5, 0.6) is 5.88 Å². The quantitative estimate of drug-likeness (QED) is 0.632. The minimum atomic E-state index is -0.850. The predicted octanol–water partition coefficient (Wildman–Crippen LogP) is -0.730. The van der Waals surface area contributed by atoms with Crippen LogP contribution >= 0.6 is 11.5 Å². The van der Waals surface area contributed by atoms with Crippen LogP contribution in [-0.2, 0) is 0 Å². The van der Waals surface area contributed by atoms with Crippen molar-refractivity contribution in [2.45, 2.75) is 6.10 Å². The molecule has 11 heavy (non-hydrogen) atoms. The van der Waals surface area contributed by atoms with Crippen LogP contribution < -0.4 is 4.74 Å². The Kier molecular flexibility index (Phi) is 3.21. The lowest BCUT2D eigenvalue weighted by Crippen LogP contribution is -2.21. The van der Waals surface area contributed by atoms with Gasteiger partial charge < -0.3 is 14.9 Å². The molecule has 1 heterocycles. The normalized spacial score (nSPS) is 12.9. The molecule has 0 radical (unpaired) electrons. The van der Waals surface area contributed by atoms with E-state index in [1.54, 1.807) is 5.38 Å². The highest BCUT2D eigenvalue weighted by molar-refractivity contribution is 7.03. The van der Waals surface area contributed by atoms with Gasteiger partial charge in [0.2, 0.25) is 5.88 Å². The van der Waals surface area contributed by atoms with Gasteiger partial charge >= 0.3 is 0 Å². The highest BCUT2D eigenvalue weighted by Crippen LogP contribution is 2.06. The smallest absolute Gasteiger partial charge is 0.246 e. The molecular weight excluding hydrogens is 168 g/mol. The van der Waals surface area contributed by atoms with Gasteiger partial charge in [-0.2, -0.15) is 0 Å². The number of nitrogens with zero attached hydrogens (tertiary/aromatic N) is 2. The van der Waals surface area contributed by atoms with E-state index in [2.05, 4.69) is 9.59 Å². The maximum Gasteiger partial charge on any atom is 0.246 e. The molecule has 0 saturated heterocycles. The predicted molar refractivity (Wildman–Crippen MR) is 38.5 cm³/mol. The topological polar surface area (TPSA) is 75.5 Å². The summed E-state index contributed by atoms with van der Waals surface area (Å²) in [5, 5.41) is 22.4. The molecular formula is C5H8N2O3S. The molecule has 0 bridgehead atoms. The number of aliphatic hydroxyl groups is 2. The molecule has 1 aromatic rings. The van der Waals surface area contributed by atoms with Gasteiger partial charge in [0.25, 0.3) is 0 Å². The maximum atomic E-state index is 8.84. The van der Waals surface area contributed by atoms with E-state index in [1.165, 1.54) is 11.5 Å². The third-order valence-electron chi connectivity index (χ3n) is 0.974. The van der Waals surface area contributed by atoms with Gasteiger partial charge in [-0.05, 0) is 11.5 Å². The van der Waals surface area contributed by atoms with Crippen LogP contribution in [0, 0.1) is 0 Å². The standard InChI is InChI=1S/C5H8N2O3S/c8-1-4(9)2-10-5-3-11-7-6-5/h3-4,8-9H,1-2H2. The van der Waals surface area contributed by atoms with Gasteiger partial charge in [-0.3, -0.25) is 0 Å². The fourth-order valence-electron chi connectivity index (χ4n) is 0.453. The number of aliphatic hydroxyl groups excluding tert-OH is 2. The summed E-state index contributed by atoms with van der Waals surface area (Å²) < 4.78 is 8.47. The van der Waals surface area contributed by atoms with Crippen LogP contribution in [0.1, 0.15) is 0 Å². The fourth-order valence-corrected chi connectivity index (χ4v) is 0.833. The molecule has 0 saturated carbocycles. The number of hydrogen-bond donors (Lipinski definition) is 2. The van der Waals surface area contributed by atoms with E-state index in [-0.39, 0.29) is 13.2 Å². The minimum absolute atomic E-state index is 0.0436. The van der Waals surface area contributed by atoms with Gasteiger partial charge in [-0.25, -0.2) is 0 Å². The first-order chi connectivity index (χ1) is 5.33. The summed E-state index contributed by atoms with van der Waals surface area (Å²) in [5.74, 6) is 0.377. The van der Waals surface area contributed by atoms with Gasteiger partial charge in [-0.1, -0.05) is 9.59 Å². The van der Waals surface area contributed by atoms with E-state index < -0.39 is 6.10 Å². The zero-order valence-corrected chi connectivity index (χ0v) is 6.49.